The summed E-state index contributed by atoms with van der Waals surface area (Å²) in [5.74, 6) is 1.34. The molecule has 18 heavy (non-hydrogen) atoms. The SMILES string of the molecule is CC1CCC(C(C)(C)c2ccc(Cl)cc2)C(N)C1. The Morgan fingerprint density at radius 2 is 1.78 bits per heavy atom. The molecule has 0 heterocycles. The lowest BCUT2D eigenvalue weighted by atomic mass is 9.64. The molecule has 2 heteroatoms. The van der Waals surface area contributed by atoms with E-state index in [0.29, 0.717) is 12.0 Å². The molecule has 3 unspecified atom stereocenters. The van der Waals surface area contributed by atoms with Crippen molar-refractivity contribution in [1.29, 1.82) is 0 Å². The van der Waals surface area contributed by atoms with E-state index in [1.54, 1.807) is 0 Å². The van der Waals surface area contributed by atoms with E-state index in [-0.39, 0.29) is 5.41 Å². The molecule has 0 amide bonds. The van der Waals surface area contributed by atoms with Gasteiger partial charge >= 0.3 is 0 Å². The summed E-state index contributed by atoms with van der Waals surface area (Å²) in [6, 6.07) is 8.57. The van der Waals surface area contributed by atoms with Crippen molar-refractivity contribution in [3.8, 4) is 0 Å². The van der Waals surface area contributed by atoms with E-state index in [1.807, 2.05) is 12.1 Å². The summed E-state index contributed by atoms with van der Waals surface area (Å²) in [6.07, 6.45) is 3.69. The predicted octanol–water partition coefficient (Wildman–Crippen LogP) is 4.38. The molecule has 0 saturated heterocycles. The van der Waals surface area contributed by atoms with E-state index in [9.17, 15) is 0 Å². The molecule has 3 atom stereocenters. The molecule has 1 fully saturated rings. The molecule has 1 nitrogen and oxygen atoms in total. The van der Waals surface area contributed by atoms with Crippen molar-refractivity contribution in [1.82, 2.24) is 0 Å². The van der Waals surface area contributed by atoms with Gasteiger partial charge in [-0.3, -0.25) is 0 Å². The average molecular weight is 266 g/mol. The number of nitrogens with two attached hydrogens (primary N) is 1. The van der Waals surface area contributed by atoms with Gasteiger partial charge in [-0.05, 0) is 47.8 Å². The summed E-state index contributed by atoms with van der Waals surface area (Å²) in [5, 5.41) is 0.802. The Hall–Kier alpha value is -0.530. The fourth-order valence-electron chi connectivity index (χ4n) is 3.41. The third-order valence-electron chi connectivity index (χ3n) is 4.68. The topological polar surface area (TPSA) is 26.0 Å². The first-order chi connectivity index (χ1) is 8.41. The van der Waals surface area contributed by atoms with Crippen LogP contribution < -0.4 is 5.73 Å². The van der Waals surface area contributed by atoms with Gasteiger partial charge in [0.15, 0.2) is 0 Å². The normalized spacial score (nSPS) is 29.3. The molecule has 1 aromatic carbocycles. The monoisotopic (exact) mass is 265 g/mol. The summed E-state index contributed by atoms with van der Waals surface area (Å²) in [5.41, 5.74) is 7.87. The summed E-state index contributed by atoms with van der Waals surface area (Å²) >= 11 is 5.97. The highest BCUT2D eigenvalue weighted by atomic mass is 35.5. The molecule has 2 rings (SSSR count). The largest absolute Gasteiger partial charge is 0.327 e. The molecule has 1 saturated carbocycles. The van der Waals surface area contributed by atoms with E-state index in [0.717, 1.165) is 17.4 Å². The van der Waals surface area contributed by atoms with Crippen LogP contribution in [-0.4, -0.2) is 6.04 Å². The minimum Gasteiger partial charge on any atom is -0.327 e. The third-order valence-corrected chi connectivity index (χ3v) is 4.93. The summed E-state index contributed by atoms with van der Waals surface area (Å²) in [7, 11) is 0. The van der Waals surface area contributed by atoms with Gasteiger partial charge < -0.3 is 5.73 Å². The number of benzene rings is 1. The summed E-state index contributed by atoms with van der Waals surface area (Å²) in [4.78, 5) is 0. The van der Waals surface area contributed by atoms with Gasteiger partial charge in [0.05, 0.1) is 0 Å². The van der Waals surface area contributed by atoms with Crippen LogP contribution in [0.2, 0.25) is 5.02 Å². The zero-order chi connectivity index (χ0) is 13.3. The van der Waals surface area contributed by atoms with Gasteiger partial charge in [-0.25, -0.2) is 0 Å². The average Bonchev–Trinajstić information content (AvgIpc) is 2.29. The maximum Gasteiger partial charge on any atom is 0.0406 e. The molecule has 1 aliphatic rings. The molecule has 2 N–H and O–H groups in total. The van der Waals surface area contributed by atoms with Crippen molar-refractivity contribution in [2.75, 3.05) is 0 Å². The Labute approximate surface area is 116 Å². The van der Waals surface area contributed by atoms with Crippen LogP contribution in [0.4, 0.5) is 0 Å². The highest BCUT2D eigenvalue weighted by Crippen LogP contribution is 2.41. The first kappa shape index (κ1) is 13.9. The Morgan fingerprint density at radius 3 is 2.33 bits per heavy atom. The second-order valence-electron chi connectivity index (χ2n) is 6.42. The Morgan fingerprint density at radius 1 is 1.17 bits per heavy atom. The number of rotatable bonds is 2. The molecule has 1 aliphatic carbocycles. The van der Waals surface area contributed by atoms with E-state index in [1.165, 1.54) is 18.4 Å². The minimum absolute atomic E-state index is 0.129. The Bertz CT molecular complexity index is 396. The maximum atomic E-state index is 6.40. The lowest BCUT2D eigenvalue weighted by Gasteiger charge is -2.43. The van der Waals surface area contributed by atoms with Crippen LogP contribution >= 0.6 is 11.6 Å². The predicted molar refractivity (Wildman–Crippen MR) is 79.0 cm³/mol. The Balaban J connectivity index is 2.22. The van der Waals surface area contributed by atoms with Gasteiger partial charge in [-0.15, -0.1) is 0 Å². The standard InChI is InChI=1S/C16H24ClN/c1-11-4-9-14(15(18)10-11)16(2,3)12-5-7-13(17)8-6-12/h5-8,11,14-15H,4,9-10,18H2,1-3H3. The fraction of sp³-hybridized carbons (Fsp3) is 0.625. The molecule has 0 spiro atoms. The lowest BCUT2D eigenvalue weighted by molar-refractivity contribution is 0.171. The number of hydrogen-bond donors (Lipinski definition) is 1. The molecule has 1 aromatic rings. The van der Waals surface area contributed by atoms with Gasteiger partial charge in [0.25, 0.3) is 0 Å². The van der Waals surface area contributed by atoms with Gasteiger partial charge in [0.1, 0.15) is 0 Å². The second kappa shape index (κ2) is 5.22. The molecule has 0 bridgehead atoms. The molecule has 0 aromatic heterocycles. The zero-order valence-electron chi connectivity index (χ0n) is 11.6. The molecule has 0 radical (unpaired) electrons. The summed E-state index contributed by atoms with van der Waals surface area (Å²) < 4.78 is 0. The Kier molecular flexibility index (Phi) is 4.03. The molecular weight excluding hydrogens is 242 g/mol. The molecule has 0 aliphatic heterocycles. The lowest BCUT2D eigenvalue weighted by Crippen LogP contribution is -2.45. The van der Waals surface area contributed by atoms with Gasteiger partial charge in [-0.2, -0.15) is 0 Å². The third kappa shape index (κ3) is 2.73. The van der Waals surface area contributed by atoms with Crippen LogP contribution in [0.15, 0.2) is 24.3 Å². The number of halogens is 1. The van der Waals surface area contributed by atoms with Crippen LogP contribution in [-0.2, 0) is 5.41 Å². The van der Waals surface area contributed by atoms with Crippen LogP contribution in [0.3, 0.4) is 0 Å². The summed E-state index contributed by atoms with van der Waals surface area (Å²) in [6.45, 7) is 6.94. The van der Waals surface area contributed by atoms with Gasteiger partial charge in [-0.1, -0.05) is 50.9 Å². The van der Waals surface area contributed by atoms with Crippen molar-refractivity contribution in [2.24, 2.45) is 17.6 Å². The van der Waals surface area contributed by atoms with Crippen molar-refractivity contribution < 1.29 is 0 Å². The van der Waals surface area contributed by atoms with E-state index >= 15 is 0 Å². The number of hydrogen-bond acceptors (Lipinski definition) is 1. The quantitative estimate of drug-likeness (QED) is 0.844. The fourth-order valence-corrected chi connectivity index (χ4v) is 3.54. The smallest absolute Gasteiger partial charge is 0.0406 e. The second-order valence-corrected chi connectivity index (χ2v) is 6.85. The van der Waals surface area contributed by atoms with E-state index in [4.69, 9.17) is 17.3 Å². The zero-order valence-corrected chi connectivity index (χ0v) is 12.4. The van der Waals surface area contributed by atoms with Crippen LogP contribution in [0, 0.1) is 11.8 Å². The van der Waals surface area contributed by atoms with Gasteiger partial charge in [0, 0.05) is 11.1 Å². The molecular formula is C16H24ClN. The minimum atomic E-state index is 0.129. The van der Waals surface area contributed by atoms with Crippen molar-refractivity contribution in [3.05, 3.63) is 34.9 Å². The highest BCUT2D eigenvalue weighted by molar-refractivity contribution is 6.30. The van der Waals surface area contributed by atoms with Crippen LogP contribution in [0.25, 0.3) is 0 Å². The van der Waals surface area contributed by atoms with E-state index < -0.39 is 0 Å². The molecule has 100 valence electrons. The van der Waals surface area contributed by atoms with Crippen molar-refractivity contribution in [3.63, 3.8) is 0 Å². The first-order valence-electron chi connectivity index (χ1n) is 6.93. The maximum absolute atomic E-state index is 6.40. The van der Waals surface area contributed by atoms with Crippen LogP contribution in [0.5, 0.6) is 0 Å². The van der Waals surface area contributed by atoms with E-state index in [2.05, 4.69) is 32.9 Å². The van der Waals surface area contributed by atoms with Crippen molar-refractivity contribution in [2.45, 2.75) is 51.5 Å². The van der Waals surface area contributed by atoms with Crippen LogP contribution in [0.1, 0.15) is 45.6 Å². The highest BCUT2D eigenvalue weighted by Gasteiger charge is 2.38. The van der Waals surface area contributed by atoms with Crippen molar-refractivity contribution >= 4 is 11.6 Å². The first-order valence-corrected chi connectivity index (χ1v) is 7.30. The van der Waals surface area contributed by atoms with Gasteiger partial charge in [0.2, 0.25) is 0 Å².